The van der Waals surface area contributed by atoms with Gasteiger partial charge >= 0.3 is 5.69 Å². The van der Waals surface area contributed by atoms with Crippen molar-refractivity contribution in [2.75, 3.05) is 5.32 Å². The molecule has 4 N–H and O–H groups in total. The molecule has 0 saturated carbocycles. The lowest BCUT2D eigenvalue weighted by Crippen LogP contribution is -2.23. The zero-order chi connectivity index (χ0) is 28.4. The van der Waals surface area contributed by atoms with Crippen molar-refractivity contribution in [1.29, 1.82) is 0 Å². The van der Waals surface area contributed by atoms with Gasteiger partial charge in [0.1, 0.15) is 5.82 Å². The minimum Gasteiger partial charge on any atom is -0.345 e. The summed E-state index contributed by atoms with van der Waals surface area (Å²) in [6.45, 7) is 1.85. The zero-order valence-corrected chi connectivity index (χ0v) is 23.0. The molecule has 0 spiro atoms. The first-order valence-electron chi connectivity index (χ1n) is 11.8. The van der Waals surface area contributed by atoms with E-state index in [4.69, 9.17) is 34.8 Å². The summed E-state index contributed by atoms with van der Waals surface area (Å²) < 4.78 is 1.60. The smallest absolute Gasteiger partial charge is 0.340 e. The summed E-state index contributed by atoms with van der Waals surface area (Å²) in [5.41, 5.74) is 3.17. The Morgan fingerprint density at radius 1 is 0.925 bits per heavy atom. The summed E-state index contributed by atoms with van der Waals surface area (Å²) in [6, 6.07) is 18.5. The second-order valence-electron chi connectivity index (χ2n) is 8.68. The number of carbonyl (C=O) groups excluding carboxylic acids is 2. The number of hydrogen-bond donors (Lipinski definition) is 4. The molecule has 202 valence electrons. The Kier molecular flexibility index (Phi) is 7.74. The molecule has 2 amide bonds. The first-order chi connectivity index (χ1) is 19.2. The predicted octanol–water partition coefficient (Wildman–Crippen LogP) is 5.40. The van der Waals surface area contributed by atoms with E-state index in [1.165, 1.54) is 0 Å². The van der Waals surface area contributed by atoms with E-state index < -0.39 is 11.6 Å². The fourth-order valence-electron chi connectivity index (χ4n) is 4.04. The highest BCUT2D eigenvalue weighted by molar-refractivity contribution is 6.35. The number of H-pyrrole nitrogens is 2. The van der Waals surface area contributed by atoms with E-state index in [-0.39, 0.29) is 18.1 Å². The van der Waals surface area contributed by atoms with Crippen molar-refractivity contribution in [1.82, 2.24) is 30.3 Å². The third kappa shape index (κ3) is 5.79. The van der Waals surface area contributed by atoms with Crippen LogP contribution in [0, 0.1) is 6.92 Å². The van der Waals surface area contributed by atoms with Crippen LogP contribution in [-0.4, -0.2) is 36.8 Å². The molecule has 0 atom stereocenters. The van der Waals surface area contributed by atoms with Gasteiger partial charge in [0.2, 0.25) is 0 Å². The molecule has 0 aliphatic rings. The molecule has 5 aromatic rings. The quantitative estimate of drug-likeness (QED) is 0.199. The molecule has 0 saturated heterocycles. The number of rotatable bonds is 7. The van der Waals surface area contributed by atoms with Crippen molar-refractivity contribution in [2.45, 2.75) is 13.5 Å². The third-order valence-electron chi connectivity index (χ3n) is 5.96. The number of aromatic amines is 2. The Labute approximate surface area is 242 Å². The molecule has 0 aliphatic heterocycles. The van der Waals surface area contributed by atoms with Gasteiger partial charge in [-0.2, -0.15) is 10.2 Å². The van der Waals surface area contributed by atoms with E-state index in [1.807, 2.05) is 12.1 Å². The lowest BCUT2D eigenvalue weighted by atomic mass is 10.1. The highest BCUT2D eigenvalue weighted by atomic mass is 35.5. The van der Waals surface area contributed by atoms with E-state index in [2.05, 4.69) is 30.9 Å². The van der Waals surface area contributed by atoms with Crippen molar-refractivity contribution in [2.24, 2.45) is 0 Å². The molecule has 5 rings (SSSR count). The Hall–Kier alpha value is -4.38. The van der Waals surface area contributed by atoms with Crippen LogP contribution >= 0.6 is 34.8 Å². The van der Waals surface area contributed by atoms with Crippen LogP contribution in [0.2, 0.25) is 15.1 Å². The monoisotopic (exact) mass is 595 g/mol. The molecule has 2 heterocycles. The second-order valence-corrected chi connectivity index (χ2v) is 9.96. The van der Waals surface area contributed by atoms with Gasteiger partial charge in [-0.05, 0) is 61.5 Å². The standard InChI is InChI=1S/C27H20Cl3N7O3/c1-14-23(26(39)32-19-9-4-16(5-10-19)25(38)31-13-22-33-27(40)35-34-22)36-37(21-11-8-18(29)12-20(21)30)24(14)15-2-6-17(28)7-3-15/h2-12H,13H2,1H3,(H,31,38)(H,32,39)(H2,33,34,35,40). The van der Waals surface area contributed by atoms with Crippen LogP contribution in [-0.2, 0) is 6.54 Å². The van der Waals surface area contributed by atoms with Gasteiger partial charge in [-0.3, -0.25) is 14.6 Å². The molecule has 0 radical (unpaired) electrons. The predicted molar refractivity (Wildman–Crippen MR) is 154 cm³/mol. The normalized spacial score (nSPS) is 10.9. The first kappa shape index (κ1) is 27.2. The summed E-state index contributed by atoms with van der Waals surface area (Å²) in [6.07, 6.45) is 0. The molecule has 2 aromatic heterocycles. The summed E-state index contributed by atoms with van der Waals surface area (Å²) in [4.78, 5) is 39.4. The van der Waals surface area contributed by atoms with Crippen molar-refractivity contribution in [3.05, 3.63) is 115 Å². The maximum absolute atomic E-state index is 13.4. The number of carbonyl (C=O) groups is 2. The number of anilines is 1. The molecule has 0 aliphatic carbocycles. The molecule has 0 bridgehead atoms. The van der Waals surface area contributed by atoms with Crippen LogP contribution in [0.15, 0.2) is 71.5 Å². The largest absolute Gasteiger partial charge is 0.345 e. The van der Waals surface area contributed by atoms with Gasteiger partial charge in [-0.15, -0.1) is 0 Å². The van der Waals surface area contributed by atoms with Crippen LogP contribution in [0.3, 0.4) is 0 Å². The van der Waals surface area contributed by atoms with Crippen molar-refractivity contribution in [3.8, 4) is 16.9 Å². The Bertz CT molecular complexity index is 1770. The summed E-state index contributed by atoms with van der Waals surface area (Å²) in [5, 5.41) is 17.5. The number of nitrogens with zero attached hydrogens (tertiary/aromatic N) is 3. The number of hydrogen-bond acceptors (Lipinski definition) is 5. The van der Waals surface area contributed by atoms with Crippen LogP contribution in [0.4, 0.5) is 5.69 Å². The lowest BCUT2D eigenvalue weighted by molar-refractivity contribution is 0.0949. The third-order valence-corrected chi connectivity index (χ3v) is 6.75. The molecule has 10 nitrogen and oxygen atoms in total. The van der Waals surface area contributed by atoms with Gasteiger partial charge in [0, 0.05) is 32.4 Å². The number of aromatic nitrogens is 5. The summed E-state index contributed by atoms with van der Waals surface area (Å²) >= 11 is 18.7. The molecular formula is C27H20Cl3N7O3. The summed E-state index contributed by atoms with van der Waals surface area (Å²) in [7, 11) is 0. The maximum atomic E-state index is 13.4. The van der Waals surface area contributed by atoms with E-state index in [0.29, 0.717) is 49.1 Å². The van der Waals surface area contributed by atoms with Crippen molar-refractivity contribution >= 4 is 52.3 Å². The molecule has 13 heteroatoms. The second kappa shape index (κ2) is 11.4. The number of benzene rings is 3. The van der Waals surface area contributed by atoms with Crippen LogP contribution in [0.5, 0.6) is 0 Å². The average Bonchev–Trinajstić information content (AvgIpc) is 3.50. The minimum absolute atomic E-state index is 0.0472. The van der Waals surface area contributed by atoms with Gasteiger partial charge < -0.3 is 10.6 Å². The van der Waals surface area contributed by atoms with Crippen LogP contribution in [0.1, 0.15) is 32.2 Å². The fourth-order valence-corrected chi connectivity index (χ4v) is 4.65. The number of halogens is 3. The zero-order valence-electron chi connectivity index (χ0n) is 20.8. The molecule has 3 aromatic carbocycles. The van der Waals surface area contributed by atoms with E-state index >= 15 is 0 Å². The topological polar surface area (TPSA) is 138 Å². The lowest BCUT2D eigenvalue weighted by Gasteiger charge is -2.11. The van der Waals surface area contributed by atoms with Crippen molar-refractivity contribution < 1.29 is 9.59 Å². The SMILES string of the molecule is Cc1c(C(=O)Nc2ccc(C(=O)NCc3n[nH]c(=O)[nH]3)cc2)nn(-c2ccc(Cl)cc2Cl)c1-c1ccc(Cl)cc1. The van der Waals surface area contributed by atoms with Gasteiger partial charge in [-0.25, -0.2) is 14.6 Å². The number of amides is 2. The average molecular weight is 597 g/mol. The minimum atomic E-state index is -0.457. The van der Waals surface area contributed by atoms with Gasteiger partial charge in [0.15, 0.2) is 5.69 Å². The first-order valence-corrected chi connectivity index (χ1v) is 13.0. The van der Waals surface area contributed by atoms with Gasteiger partial charge in [0.25, 0.3) is 11.8 Å². The Morgan fingerprint density at radius 2 is 1.62 bits per heavy atom. The van der Waals surface area contributed by atoms with Gasteiger partial charge in [-0.1, -0.05) is 46.9 Å². The fraction of sp³-hybridized carbons (Fsp3) is 0.0741. The Balaban J connectivity index is 1.39. The highest BCUT2D eigenvalue weighted by Gasteiger charge is 2.23. The highest BCUT2D eigenvalue weighted by Crippen LogP contribution is 2.33. The molecule has 40 heavy (non-hydrogen) atoms. The maximum Gasteiger partial charge on any atom is 0.340 e. The molecular weight excluding hydrogens is 577 g/mol. The number of nitrogens with one attached hydrogen (secondary N) is 4. The molecule has 0 fully saturated rings. The Morgan fingerprint density at radius 3 is 2.27 bits per heavy atom. The molecule has 0 unspecified atom stereocenters. The summed E-state index contributed by atoms with van der Waals surface area (Å²) in [5.74, 6) is -0.519. The van der Waals surface area contributed by atoms with E-state index in [0.717, 1.165) is 5.56 Å². The van der Waals surface area contributed by atoms with Crippen LogP contribution < -0.4 is 16.3 Å². The van der Waals surface area contributed by atoms with Gasteiger partial charge in [0.05, 0.1) is 22.9 Å². The van der Waals surface area contributed by atoms with E-state index in [9.17, 15) is 14.4 Å². The van der Waals surface area contributed by atoms with Crippen molar-refractivity contribution in [3.63, 3.8) is 0 Å². The van der Waals surface area contributed by atoms with E-state index in [1.54, 1.807) is 66.2 Å². The van der Waals surface area contributed by atoms with Crippen LogP contribution in [0.25, 0.3) is 16.9 Å².